The third-order valence-corrected chi connectivity index (χ3v) is 3.96. The van der Waals surface area contributed by atoms with E-state index in [-0.39, 0.29) is 0 Å². The third-order valence-electron chi connectivity index (χ3n) is 3.31. The van der Waals surface area contributed by atoms with Gasteiger partial charge in [-0.05, 0) is 46.5 Å². The van der Waals surface area contributed by atoms with E-state index in [0.29, 0.717) is 5.56 Å². The van der Waals surface area contributed by atoms with Crippen molar-refractivity contribution in [1.29, 1.82) is 0 Å². The zero-order chi connectivity index (χ0) is 12.3. The summed E-state index contributed by atoms with van der Waals surface area (Å²) in [5.41, 5.74) is 1.27. The Kier molecular flexibility index (Phi) is 4.05. The lowest BCUT2D eigenvalue weighted by Gasteiger charge is -2.25. The molecule has 4 heteroatoms. The number of benzene rings is 1. The van der Waals surface area contributed by atoms with Gasteiger partial charge in [-0.3, -0.25) is 0 Å². The molecular weight excluding hydrogens is 282 g/mol. The summed E-state index contributed by atoms with van der Waals surface area (Å²) >= 11 is 3.39. The molecule has 3 nitrogen and oxygen atoms in total. The highest BCUT2D eigenvalue weighted by Gasteiger charge is 2.16. The zero-order valence-corrected chi connectivity index (χ0v) is 11.2. The predicted octanol–water partition coefficient (Wildman–Crippen LogP) is 3.75. The standard InChI is InChI=1S/C13H16BrNO2/c14-11-8-10(13(16)17)4-5-12(11)15-7-6-9-2-1-3-9/h4-5,8-9,15H,1-3,6-7H2,(H,16,17). The molecule has 1 fully saturated rings. The molecule has 1 saturated carbocycles. The Morgan fingerprint density at radius 2 is 2.24 bits per heavy atom. The van der Waals surface area contributed by atoms with Crippen LogP contribution in [0.2, 0.25) is 0 Å². The van der Waals surface area contributed by atoms with Crippen LogP contribution in [0.4, 0.5) is 5.69 Å². The summed E-state index contributed by atoms with van der Waals surface area (Å²) in [7, 11) is 0. The highest BCUT2D eigenvalue weighted by atomic mass is 79.9. The van der Waals surface area contributed by atoms with Crippen LogP contribution >= 0.6 is 15.9 Å². The van der Waals surface area contributed by atoms with Crippen LogP contribution in [0.15, 0.2) is 22.7 Å². The molecule has 17 heavy (non-hydrogen) atoms. The fraction of sp³-hybridized carbons (Fsp3) is 0.462. The summed E-state index contributed by atoms with van der Waals surface area (Å²) < 4.78 is 0.811. The number of hydrogen-bond acceptors (Lipinski definition) is 2. The molecule has 0 saturated heterocycles. The molecule has 92 valence electrons. The van der Waals surface area contributed by atoms with Gasteiger partial charge in [-0.2, -0.15) is 0 Å². The van der Waals surface area contributed by atoms with Gasteiger partial charge in [0.05, 0.1) is 5.56 Å². The SMILES string of the molecule is O=C(O)c1ccc(NCCC2CCC2)c(Br)c1. The maximum Gasteiger partial charge on any atom is 0.335 e. The number of carboxylic acids is 1. The molecule has 0 aliphatic heterocycles. The van der Waals surface area contributed by atoms with Crippen molar-refractivity contribution < 1.29 is 9.90 Å². The van der Waals surface area contributed by atoms with Crippen LogP contribution in [-0.2, 0) is 0 Å². The van der Waals surface area contributed by atoms with E-state index in [4.69, 9.17) is 5.11 Å². The Hall–Kier alpha value is -1.03. The normalized spacial score (nSPS) is 15.4. The topological polar surface area (TPSA) is 49.3 Å². The number of carbonyl (C=O) groups is 1. The first-order valence-corrected chi connectivity index (χ1v) is 6.73. The van der Waals surface area contributed by atoms with Gasteiger partial charge in [-0.15, -0.1) is 0 Å². The molecule has 0 bridgehead atoms. The number of hydrogen-bond donors (Lipinski definition) is 2. The van der Waals surface area contributed by atoms with Gasteiger partial charge in [0.1, 0.15) is 0 Å². The first-order chi connectivity index (χ1) is 8.16. The second kappa shape index (κ2) is 5.54. The monoisotopic (exact) mass is 297 g/mol. The molecule has 1 aliphatic rings. The smallest absolute Gasteiger partial charge is 0.335 e. The highest BCUT2D eigenvalue weighted by molar-refractivity contribution is 9.10. The van der Waals surface area contributed by atoms with E-state index >= 15 is 0 Å². The Balaban J connectivity index is 1.89. The fourth-order valence-electron chi connectivity index (χ4n) is 1.98. The molecule has 2 rings (SSSR count). The molecule has 0 unspecified atom stereocenters. The second-order valence-electron chi connectivity index (χ2n) is 4.51. The summed E-state index contributed by atoms with van der Waals surface area (Å²) in [4.78, 5) is 10.8. The van der Waals surface area contributed by atoms with Crippen LogP contribution in [-0.4, -0.2) is 17.6 Å². The van der Waals surface area contributed by atoms with Gasteiger partial charge in [0.15, 0.2) is 0 Å². The molecule has 0 radical (unpaired) electrons. The van der Waals surface area contributed by atoms with Crippen molar-refractivity contribution in [3.8, 4) is 0 Å². The van der Waals surface area contributed by atoms with Crippen molar-refractivity contribution >= 4 is 27.6 Å². The van der Waals surface area contributed by atoms with E-state index in [9.17, 15) is 4.79 Å². The number of carboxylic acid groups (broad SMARTS) is 1. The molecule has 1 aromatic rings. The Morgan fingerprint density at radius 3 is 2.76 bits per heavy atom. The Bertz CT molecular complexity index is 416. The lowest BCUT2D eigenvalue weighted by atomic mass is 9.83. The molecule has 0 aromatic heterocycles. The number of anilines is 1. The van der Waals surface area contributed by atoms with Gasteiger partial charge in [0.25, 0.3) is 0 Å². The highest BCUT2D eigenvalue weighted by Crippen LogP contribution is 2.30. The molecule has 0 amide bonds. The zero-order valence-electron chi connectivity index (χ0n) is 9.58. The van der Waals surface area contributed by atoms with Crippen LogP contribution in [0.5, 0.6) is 0 Å². The van der Waals surface area contributed by atoms with Crippen molar-refractivity contribution in [3.05, 3.63) is 28.2 Å². The second-order valence-corrected chi connectivity index (χ2v) is 5.37. The lowest BCUT2D eigenvalue weighted by molar-refractivity contribution is 0.0697. The maximum absolute atomic E-state index is 10.8. The van der Waals surface area contributed by atoms with E-state index in [2.05, 4.69) is 21.2 Å². The number of halogens is 1. The van der Waals surface area contributed by atoms with Gasteiger partial charge >= 0.3 is 5.97 Å². The van der Waals surface area contributed by atoms with Crippen LogP contribution in [0.3, 0.4) is 0 Å². The van der Waals surface area contributed by atoms with Crippen LogP contribution < -0.4 is 5.32 Å². The van der Waals surface area contributed by atoms with Crippen molar-refractivity contribution in [2.24, 2.45) is 5.92 Å². The summed E-state index contributed by atoms with van der Waals surface area (Å²) in [6.07, 6.45) is 5.30. The van der Waals surface area contributed by atoms with E-state index in [1.54, 1.807) is 12.1 Å². The fourth-order valence-corrected chi connectivity index (χ4v) is 2.50. The van der Waals surface area contributed by atoms with Crippen LogP contribution in [0, 0.1) is 5.92 Å². The van der Waals surface area contributed by atoms with Gasteiger partial charge in [-0.25, -0.2) is 4.79 Å². The van der Waals surface area contributed by atoms with Crippen molar-refractivity contribution in [1.82, 2.24) is 0 Å². The lowest BCUT2D eigenvalue weighted by Crippen LogP contribution is -2.15. The predicted molar refractivity (Wildman–Crippen MR) is 71.5 cm³/mol. The maximum atomic E-state index is 10.8. The van der Waals surface area contributed by atoms with Gasteiger partial charge in [0, 0.05) is 16.7 Å². The Morgan fingerprint density at radius 1 is 1.47 bits per heavy atom. The van der Waals surface area contributed by atoms with Crippen molar-refractivity contribution in [3.63, 3.8) is 0 Å². The minimum atomic E-state index is -0.897. The first-order valence-electron chi connectivity index (χ1n) is 5.93. The molecule has 0 atom stereocenters. The van der Waals surface area contributed by atoms with E-state index in [0.717, 1.165) is 22.6 Å². The molecule has 1 aliphatic carbocycles. The number of rotatable bonds is 5. The van der Waals surface area contributed by atoms with E-state index in [1.165, 1.54) is 25.7 Å². The van der Waals surface area contributed by atoms with Gasteiger partial charge in [0.2, 0.25) is 0 Å². The largest absolute Gasteiger partial charge is 0.478 e. The van der Waals surface area contributed by atoms with Crippen LogP contribution in [0.1, 0.15) is 36.0 Å². The van der Waals surface area contributed by atoms with E-state index in [1.807, 2.05) is 6.07 Å². The Labute approximate surface area is 109 Å². The van der Waals surface area contributed by atoms with Gasteiger partial charge < -0.3 is 10.4 Å². The summed E-state index contributed by atoms with van der Waals surface area (Å²) in [6.45, 7) is 0.954. The molecular formula is C13H16BrNO2. The minimum absolute atomic E-state index is 0.307. The average molecular weight is 298 g/mol. The van der Waals surface area contributed by atoms with Crippen molar-refractivity contribution in [2.75, 3.05) is 11.9 Å². The van der Waals surface area contributed by atoms with Crippen molar-refractivity contribution in [2.45, 2.75) is 25.7 Å². The van der Waals surface area contributed by atoms with Gasteiger partial charge in [-0.1, -0.05) is 19.3 Å². The number of nitrogens with one attached hydrogen (secondary N) is 1. The van der Waals surface area contributed by atoms with E-state index < -0.39 is 5.97 Å². The number of aromatic carboxylic acids is 1. The molecule has 0 spiro atoms. The third kappa shape index (κ3) is 3.22. The van der Waals surface area contributed by atoms with Crippen LogP contribution in [0.25, 0.3) is 0 Å². The molecule has 2 N–H and O–H groups in total. The first kappa shape index (κ1) is 12.4. The molecule has 1 aromatic carbocycles. The quantitative estimate of drug-likeness (QED) is 0.870. The summed E-state index contributed by atoms with van der Waals surface area (Å²) in [5.74, 6) is -0.00807. The minimum Gasteiger partial charge on any atom is -0.478 e. The molecule has 0 heterocycles. The summed E-state index contributed by atoms with van der Waals surface area (Å²) in [6, 6.07) is 5.07. The average Bonchev–Trinajstić information content (AvgIpc) is 2.23. The summed E-state index contributed by atoms with van der Waals surface area (Å²) in [5, 5.41) is 12.2.